The van der Waals surface area contributed by atoms with E-state index < -0.39 is 0 Å². The van der Waals surface area contributed by atoms with E-state index in [9.17, 15) is 0 Å². The first-order valence-electron chi connectivity index (χ1n) is 7.27. The van der Waals surface area contributed by atoms with Crippen LogP contribution >= 0.6 is 0 Å². The summed E-state index contributed by atoms with van der Waals surface area (Å²) in [6.07, 6.45) is 1.73. The zero-order valence-corrected chi connectivity index (χ0v) is 13.1. The van der Waals surface area contributed by atoms with Crippen LogP contribution in [0.2, 0.25) is 0 Å². The van der Waals surface area contributed by atoms with Crippen molar-refractivity contribution in [2.45, 2.75) is 13.5 Å². The van der Waals surface area contributed by atoms with E-state index in [4.69, 9.17) is 9.47 Å². The van der Waals surface area contributed by atoms with Crippen molar-refractivity contribution in [2.24, 2.45) is 0 Å². The Hall–Kier alpha value is -2.95. The summed E-state index contributed by atoms with van der Waals surface area (Å²) in [6, 6.07) is 15.1. The highest BCUT2D eigenvalue weighted by molar-refractivity contribution is 5.48. The molecule has 0 fully saturated rings. The van der Waals surface area contributed by atoms with Crippen LogP contribution in [0, 0.1) is 6.92 Å². The lowest BCUT2D eigenvalue weighted by molar-refractivity contribution is 0.298. The lowest BCUT2D eigenvalue weighted by Gasteiger charge is -2.09. The van der Waals surface area contributed by atoms with Gasteiger partial charge in [-0.3, -0.25) is 4.98 Å². The number of aryl methyl sites for hydroxylation is 1. The molecule has 0 unspecified atom stereocenters. The maximum atomic E-state index is 5.79. The minimum Gasteiger partial charge on any atom is -0.497 e. The molecular formula is C18H17N3O2. The molecule has 1 aromatic carbocycles. The number of hydrogen-bond acceptors (Lipinski definition) is 5. The lowest BCUT2D eigenvalue weighted by Crippen LogP contribution is -2.03. The van der Waals surface area contributed by atoms with Crippen molar-refractivity contribution in [2.75, 3.05) is 7.11 Å². The van der Waals surface area contributed by atoms with Gasteiger partial charge in [0.05, 0.1) is 12.8 Å². The van der Waals surface area contributed by atoms with Crippen LogP contribution in [0.3, 0.4) is 0 Å². The van der Waals surface area contributed by atoms with Gasteiger partial charge in [-0.2, -0.15) is 0 Å². The first-order valence-corrected chi connectivity index (χ1v) is 7.27. The lowest BCUT2D eigenvalue weighted by atomic mass is 10.3. The zero-order valence-electron chi connectivity index (χ0n) is 13.1. The van der Waals surface area contributed by atoms with Gasteiger partial charge in [-0.05, 0) is 37.3 Å². The molecule has 116 valence electrons. The average Bonchev–Trinajstić information content (AvgIpc) is 2.60. The SMILES string of the molecule is COc1cccc(OCc2cc(C)nc(-c3ccccn3)n2)c1. The van der Waals surface area contributed by atoms with Crippen LogP contribution in [0.5, 0.6) is 11.5 Å². The Labute approximate surface area is 135 Å². The number of rotatable bonds is 5. The molecular weight excluding hydrogens is 290 g/mol. The number of methoxy groups -OCH3 is 1. The number of hydrogen-bond donors (Lipinski definition) is 0. The Kier molecular flexibility index (Phi) is 4.47. The third kappa shape index (κ3) is 3.83. The van der Waals surface area contributed by atoms with Crippen molar-refractivity contribution >= 4 is 0 Å². The fraction of sp³-hybridized carbons (Fsp3) is 0.167. The first-order chi connectivity index (χ1) is 11.2. The second-order valence-electron chi connectivity index (χ2n) is 5.01. The minimum absolute atomic E-state index is 0.358. The highest BCUT2D eigenvalue weighted by Gasteiger charge is 2.07. The van der Waals surface area contributed by atoms with E-state index >= 15 is 0 Å². The summed E-state index contributed by atoms with van der Waals surface area (Å²) in [7, 11) is 1.63. The van der Waals surface area contributed by atoms with Gasteiger partial charge in [0, 0.05) is 18.0 Å². The van der Waals surface area contributed by atoms with Crippen LogP contribution in [0.1, 0.15) is 11.4 Å². The molecule has 23 heavy (non-hydrogen) atoms. The molecule has 0 atom stereocenters. The quantitative estimate of drug-likeness (QED) is 0.722. The van der Waals surface area contributed by atoms with Crippen LogP contribution < -0.4 is 9.47 Å². The monoisotopic (exact) mass is 307 g/mol. The molecule has 0 spiro atoms. The summed E-state index contributed by atoms with van der Waals surface area (Å²) in [4.78, 5) is 13.3. The summed E-state index contributed by atoms with van der Waals surface area (Å²) in [6.45, 7) is 2.29. The molecule has 0 saturated heterocycles. The van der Waals surface area contributed by atoms with Gasteiger partial charge in [0.25, 0.3) is 0 Å². The molecule has 2 aromatic heterocycles. The van der Waals surface area contributed by atoms with Crippen molar-refractivity contribution in [1.82, 2.24) is 15.0 Å². The zero-order chi connectivity index (χ0) is 16.1. The molecule has 0 saturated carbocycles. The van der Waals surface area contributed by atoms with E-state index in [1.165, 1.54) is 0 Å². The second kappa shape index (κ2) is 6.87. The van der Waals surface area contributed by atoms with Gasteiger partial charge in [0.15, 0.2) is 5.82 Å². The van der Waals surface area contributed by atoms with E-state index in [0.29, 0.717) is 12.4 Å². The predicted octanol–water partition coefficient (Wildman–Crippen LogP) is 3.43. The van der Waals surface area contributed by atoms with Gasteiger partial charge >= 0.3 is 0 Å². The fourth-order valence-corrected chi connectivity index (χ4v) is 2.17. The molecule has 0 aliphatic rings. The maximum absolute atomic E-state index is 5.79. The molecule has 0 amide bonds. The Bertz CT molecular complexity index is 791. The van der Waals surface area contributed by atoms with Gasteiger partial charge in [-0.15, -0.1) is 0 Å². The third-order valence-corrected chi connectivity index (χ3v) is 3.23. The summed E-state index contributed by atoms with van der Waals surface area (Å²) >= 11 is 0. The van der Waals surface area contributed by atoms with Gasteiger partial charge < -0.3 is 9.47 Å². The van der Waals surface area contributed by atoms with E-state index in [1.54, 1.807) is 13.3 Å². The highest BCUT2D eigenvalue weighted by Crippen LogP contribution is 2.20. The topological polar surface area (TPSA) is 57.1 Å². The van der Waals surface area contributed by atoms with Gasteiger partial charge in [-0.25, -0.2) is 9.97 Å². The fourth-order valence-electron chi connectivity index (χ4n) is 2.17. The molecule has 5 nitrogen and oxygen atoms in total. The summed E-state index contributed by atoms with van der Waals surface area (Å²) in [5.74, 6) is 2.10. The number of nitrogens with zero attached hydrogens (tertiary/aromatic N) is 3. The normalized spacial score (nSPS) is 10.3. The molecule has 3 aromatic rings. The Morgan fingerprint density at radius 3 is 2.61 bits per heavy atom. The summed E-state index contributed by atoms with van der Waals surface area (Å²) < 4.78 is 11.0. The standard InChI is InChI=1S/C18H17N3O2/c1-13-10-14(12-23-16-7-5-6-15(11-16)22-2)21-18(20-13)17-8-3-4-9-19-17/h3-11H,12H2,1-2H3. The Morgan fingerprint density at radius 1 is 0.957 bits per heavy atom. The second-order valence-corrected chi connectivity index (χ2v) is 5.01. The predicted molar refractivity (Wildman–Crippen MR) is 87.3 cm³/mol. The van der Waals surface area contributed by atoms with Crippen LogP contribution in [0.4, 0.5) is 0 Å². The molecule has 5 heteroatoms. The van der Waals surface area contributed by atoms with Crippen molar-refractivity contribution < 1.29 is 9.47 Å². The number of benzene rings is 1. The Balaban J connectivity index is 1.79. The molecule has 0 aliphatic heterocycles. The number of aromatic nitrogens is 3. The average molecular weight is 307 g/mol. The highest BCUT2D eigenvalue weighted by atomic mass is 16.5. The van der Waals surface area contributed by atoms with Gasteiger partial charge in [-0.1, -0.05) is 12.1 Å². The first kappa shape index (κ1) is 15.0. The van der Waals surface area contributed by atoms with Crippen LogP contribution in [0.15, 0.2) is 54.7 Å². The van der Waals surface area contributed by atoms with E-state index in [0.717, 1.165) is 28.6 Å². The molecule has 0 aliphatic carbocycles. The maximum Gasteiger partial charge on any atom is 0.178 e. The van der Waals surface area contributed by atoms with Gasteiger partial charge in [0.1, 0.15) is 23.8 Å². The van der Waals surface area contributed by atoms with E-state index in [-0.39, 0.29) is 0 Å². The molecule has 0 radical (unpaired) electrons. The van der Waals surface area contributed by atoms with Crippen molar-refractivity contribution in [3.05, 3.63) is 66.1 Å². The minimum atomic E-state index is 0.358. The third-order valence-electron chi connectivity index (χ3n) is 3.23. The van der Waals surface area contributed by atoms with Crippen LogP contribution in [0.25, 0.3) is 11.5 Å². The smallest absolute Gasteiger partial charge is 0.178 e. The van der Waals surface area contributed by atoms with E-state index in [2.05, 4.69) is 15.0 Å². The molecule has 3 rings (SSSR count). The molecule has 2 heterocycles. The largest absolute Gasteiger partial charge is 0.497 e. The van der Waals surface area contributed by atoms with Crippen LogP contribution in [-0.4, -0.2) is 22.1 Å². The number of ether oxygens (including phenoxy) is 2. The van der Waals surface area contributed by atoms with Crippen LogP contribution in [-0.2, 0) is 6.61 Å². The van der Waals surface area contributed by atoms with Gasteiger partial charge in [0.2, 0.25) is 0 Å². The van der Waals surface area contributed by atoms with Crippen molar-refractivity contribution in [1.29, 1.82) is 0 Å². The summed E-state index contributed by atoms with van der Waals surface area (Å²) in [5, 5.41) is 0. The molecule has 0 bridgehead atoms. The summed E-state index contributed by atoms with van der Waals surface area (Å²) in [5.41, 5.74) is 2.43. The molecule has 0 N–H and O–H groups in total. The van der Waals surface area contributed by atoms with Crippen molar-refractivity contribution in [3.8, 4) is 23.0 Å². The van der Waals surface area contributed by atoms with E-state index in [1.807, 2.05) is 55.5 Å². The number of pyridine rings is 1. The Morgan fingerprint density at radius 2 is 1.83 bits per heavy atom. The van der Waals surface area contributed by atoms with Crippen molar-refractivity contribution in [3.63, 3.8) is 0 Å².